The molecule has 2 rings (SSSR count). The van der Waals surface area contributed by atoms with Crippen LogP contribution in [0.15, 0.2) is 0 Å². The van der Waals surface area contributed by atoms with Crippen molar-refractivity contribution in [3.8, 4) is 0 Å². The summed E-state index contributed by atoms with van der Waals surface area (Å²) in [6.45, 7) is 10.9. The Morgan fingerprint density at radius 2 is 2.00 bits per heavy atom. The molecule has 2 aliphatic rings. The molecule has 1 saturated heterocycles. The summed E-state index contributed by atoms with van der Waals surface area (Å²) in [4.78, 5) is 2.76. The maximum absolute atomic E-state index is 3.62. The SMILES string of the molecule is CCC1CN(C2CCC(C)C(C)C2)CCN1. The summed E-state index contributed by atoms with van der Waals surface area (Å²) >= 11 is 0. The van der Waals surface area contributed by atoms with E-state index in [4.69, 9.17) is 0 Å². The highest BCUT2D eigenvalue weighted by molar-refractivity contribution is 4.86. The lowest BCUT2D eigenvalue weighted by atomic mass is 9.78. The van der Waals surface area contributed by atoms with Gasteiger partial charge in [0.25, 0.3) is 0 Å². The molecule has 1 saturated carbocycles. The third-order valence-electron chi connectivity index (χ3n) is 4.87. The van der Waals surface area contributed by atoms with Crippen molar-refractivity contribution in [3.63, 3.8) is 0 Å². The molecule has 2 fully saturated rings. The number of hydrogen-bond acceptors (Lipinski definition) is 2. The van der Waals surface area contributed by atoms with E-state index in [0.29, 0.717) is 0 Å². The summed E-state index contributed by atoms with van der Waals surface area (Å²) in [5.41, 5.74) is 0. The molecule has 1 aliphatic carbocycles. The van der Waals surface area contributed by atoms with Crippen LogP contribution in [0.5, 0.6) is 0 Å². The van der Waals surface area contributed by atoms with Crippen molar-refractivity contribution in [2.24, 2.45) is 11.8 Å². The molecule has 4 unspecified atom stereocenters. The van der Waals surface area contributed by atoms with Crippen molar-refractivity contribution in [1.29, 1.82) is 0 Å². The van der Waals surface area contributed by atoms with Crippen molar-refractivity contribution in [3.05, 3.63) is 0 Å². The third kappa shape index (κ3) is 2.78. The molecule has 1 heterocycles. The second kappa shape index (κ2) is 5.50. The van der Waals surface area contributed by atoms with Gasteiger partial charge in [-0.3, -0.25) is 4.90 Å². The highest BCUT2D eigenvalue weighted by Gasteiger charge is 2.30. The van der Waals surface area contributed by atoms with Crippen LogP contribution in [0.4, 0.5) is 0 Å². The molecule has 2 heteroatoms. The molecule has 0 aromatic carbocycles. The Kier molecular flexibility index (Phi) is 4.26. The van der Waals surface area contributed by atoms with E-state index in [1.165, 1.54) is 45.3 Å². The average Bonchev–Trinajstić information content (AvgIpc) is 2.33. The Hall–Kier alpha value is -0.0800. The zero-order valence-corrected chi connectivity index (χ0v) is 11.2. The number of nitrogens with one attached hydrogen (secondary N) is 1. The minimum atomic E-state index is 0.739. The van der Waals surface area contributed by atoms with Crippen LogP contribution in [0.25, 0.3) is 0 Å². The lowest BCUT2D eigenvalue weighted by Crippen LogP contribution is -2.54. The molecular weight excluding hydrogens is 196 g/mol. The molecule has 16 heavy (non-hydrogen) atoms. The van der Waals surface area contributed by atoms with Crippen molar-refractivity contribution in [1.82, 2.24) is 10.2 Å². The summed E-state index contributed by atoms with van der Waals surface area (Å²) < 4.78 is 0. The van der Waals surface area contributed by atoms with Crippen molar-refractivity contribution < 1.29 is 0 Å². The van der Waals surface area contributed by atoms with Crippen LogP contribution in [0.2, 0.25) is 0 Å². The van der Waals surface area contributed by atoms with Gasteiger partial charge in [-0.1, -0.05) is 20.8 Å². The summed E-state index contributed by atoms with van der Waals surface area (Å²) in [6.07, 6.45) is 5.57. The first kappa shape index (κ1) is 12.4. The Morgan fingerprint density at radius 1 is 1.19 bits per heavy atom. The number of hydrogen-bond donors (Lipinski definition) is 1. The molecule has 0 amide bonds. The van der Waals surface area contributed by atoms with E-state index in [2.05, 4.69) is 31.0 Å². The molecule has 0 spiro atoms. The van der Waals surface area contributed by atoms with E-state index in [1.807, 2.05) is 0 Å². The van der Waals surface area contributed by atoms with E-state index in [9.17, 15) is 0 Å². The van der Waals surface area contributed by atoms with Gasteiger partial charge in [0.05, 0.1) is 0 Å². The summed E-state index contributed by atoms with van der Waals surface area (Å²) in [5.74, 6) is 1.87. The molecule has 2 nitrogen and oxygen atoms in total. The highest BCUT2D eigenvalue weighted by atomic mass is 15.2. The van der Waals surface area contributed by atoms with Crippen LogP contribution in [0.1, 0.15) is 46.5 Å². The minimum absolute atomic E-state index is 0.739. The summed E-state index contributed by atoms with van der Waals surface area (Å²) in [7, 11) is 0. The zero-order valence-electron chi connectivity index (χ0n) is 11.2. The number of nitrogens with zero attached hydrogens (tertiary/aromatic N) is 1. The second-order valence-electron chi connectivity index (χ2n) is 5.98. The Labute approximate surface area is 101 Å². The monoisotopic (exact) mass is 224 g/mol. The lowest BCUT2D eigenvalue weighted by Gasteiger charge is -2.43. The number of piperazine rings is 1. The Balaban J connectivity index is 1.87. The standard InChI is InChI=1S/C14H28N2/c1-4-13-10-16(8-7-15-13)14-6-5-11(2)12(3)9-14/h11-15H,4-10H2,1-3H3. The molecule has 0 aromatic rings. The van der Waals surface area contributed by atoms with Gasteiger partial charge in [-0.25, -0.2) is 0 Å². The maximum Gasteiger partial charge on any atom is 0.0193 e. The van der Waals surface area contributed by atoms with Gasteiger partial charge >= 0.3 is 0 Å². The summed E-state index contributed by atoms with van der Waals surface area (Å²) in [6, 6.07) is 1.62. The number of rotatable bonds is 2. The molecule has 0 bridgehead atoms. The molecule has 94 valence electrons. The minimum Gasteiger partial charge on any atom is -0.311 e. The normalized spacial score (nSPS) is 42.2. The van der Waals surface area contributed by atoms with Crippen molar-refractivity contribution in [2.75, 3.05) is 19.6 Å². The van der Waals surface area contributed by atoms with Crippen LogP contribution in [0, 0.1) is 11.8 Å². The van der Waals surface area contributed by atoms with Crippen LogP contribution < -0.4 is 5.32 Å². The van der Waals surface area contributed by atoms with Gasteiger partial charge < -0.3 is 5.32 Å². The molecular formula is C14H28N2. The van der Waals surface area contributed by atoms with Gasteiger partial charge in [0.15, 0.2) is 0 Å². The predicted molar refractivity (Wildman–Crippen MR) is 69.6 cm³/mol. The van der Waals surface area contributed by atoms with Gasteiger partial charge in [-0.05, 0) is 37.5 Å². The van der Waals surface area contributed by atoms with E-state index in [-0.39, 0.29) is 0 Å². The van der Waals surface area contributed by atoms with Crippen LogP contribution in [-0.2, 0) is 0 Å². The predicted octanol–water partition coefficient (Wildman–Crippen LogP) is 2.49. The molecule has 1 aliphatic heterocycles. The maximum atomic E-state index is 3.62. The fourth-order valence-corrected chi connectivity index (χ4v) is 3.31. The van der Waals surface area contributed by atoms with Crippen molar-refractivity contribution in [2.45, 2.75) is 58.5 Å². The molecule has 0 radical (unpaired) electrons. The van der Waals surface area contributed by atoms with Crippen LogP contribution in [0.3, 0.4) is 0 Å². The van der Waals surface area contributed by atoms with Gasteiger partial charge in [0.1, 0.15) is 0 Å². The molecule has 0 aromatic heterocycles. The fraction of sp³-hybridized carbons (Fsp3) is 1.00. The van der Waals surface area contributed by atoms with E-state index in [0.717, 1.165) is 23.9 Å². The highest BCUT2D eigenvalue weighted by Crippen LogP contribution is 2.32. The largest absolute Gasteiger partial charge is 0.311 e. The van der Waals surface area contributed by atoms with Crippen molar-refractivity contribution >= 4 is 0 Å². The van der Waals surface area contributed by atoms with Gasteiger partial charge in [0, 0.05) is 31.7 Å². The molecule has 1 N–H and O–H groups in total. The van der Waals surface area contributed by atoms with Gasteiger partial charge in [0.2, 0.25) is 0 Å². The lowest BCUT2D eigenvalue weighted by molar-refractivity contribution is 0.0812. The quantitative estimate of drug-likeness (QED) is 0.775. The third-order valence-corrected chi connectivity index (χ3v) is 4.87. The van der Waals surface area contributed by atoms with E-state index >= 15 is 0 Å². The second-order valence-corrected chi connectivity index (χ2v) is 5.98. The van der Waals surface area contributed by atoms with Gasteiger partial charge in [-0.15, -0.1) is 0 Å². The van der Waals surface area contributed by atoms with Crippen LogP contribution in [-0.4, -0.2) is 36.6 Å². The topological polar surface area (TPSA) is 15.3 Å². The first-order valence-electron chi connectivity index (χ1n) is 7.18. The average molecular weight is 224 g/mol. The van der Waals surface area contributed by atoms with E-state index < -0.39 is 0 Å². The fourth-order valence-electron chi connectivity index (χ4n) is 3.31. The Morgan fingerprint density at radius 3 is 2.69 bits per heavy atom. The van der Waals surface area contributed by atoms with E-state index in [1.54, 1.807) is 0 Å². The first-order valence-corrected chi connectivity index (χ1v) is 7.18. The zero-order chi connectivity index (χ0) is 11.5. The van der Waals surface area contributed by atoms with Crippen LogP contribution >= 0.6 is 0 Å². The first-order chi connectivity index (χ1) is 7.70. The molecule has 4 atom stereocenters. The Bertz CT molecular complexity index is 213. The smallest absolute Gasteiger partial charge is 0.0193 e. The summed E-state index contributed by atoms with van der Waals surface area (Å²) in [5, 5.41) is 3.62. The van der Waals surface area contributed by atoms with Gasteiger partial charge in [-0.2, -0.15) is 0 Å².